The molecule has 2 amide bonds. The second kappa shape index (κ2) is 7.38. The number of rotatable bonds is 5. The molecule has 1 heterocycles. The van der Waals surface area contributed by atoms with Crippen LogP contribution in [0.3, 0.4) is 0 Å². The van der Waals surface area contributed by atoms with Gasteiger partial charge in [-0.25, -0.2) is 0 Å². The number of amides is 2. The molecule has 5 heteroatoms. The maximum atomic E-state index is 12.4. The summed E-state index contributed by atoms with van der Waals surface area (Å²) in [6, 6.07) is 15.7. The Kier molecular flexibility index (Phi) is 5.03. The number of likely N-dealkylation sites (N-methyl/N-ethyl adjacent to an activating group) is 1. The van der Waals surface area contributed by atoms with Gasteiger partial charge in [0.05, 0.1) is 13.1 Å². The minimum absolute atomic E-state index is 0.0438. The third-order valence-electron chi connectivity index (χ3n) is 4.45. The Hall–Kier alpha value is -2.82. The number of benzene rings is 2. The summed E-state index contributed by atoms with van der Waals surface area (Å²) < 4.78 is 0. The predicted octanol–water partition coefficient (Wildman–Crippen LogP) is 2.45. The monoisotopic (exact) mass is 337 g/mol. The summed E-state index contributed by atoms with van der Waals surface area (Å²) in [5.74, 6) is -0.253. The fraction of sp³-hybridized carbons (Fsp3) is 0.300. The minimum Gasteiger partial charge on any atom is -0.362 e. The average Bonchev–Trinajstić information content (AvgIpc) is 3.00. The van der Waals surface area contributed by atoms with Crippen molar-refractivity contribution in [2.24, 2.45) is 0 Å². The molecule has 0 aliphatic carbocycles. The number of hydrogen-bond acceptors (Lipinski definition) is 3. The van der Waals surface area contributed by atoms with E-state index in [2.05, 4.69) is 16.3 Å². The van der Waals surface area contributed by atoms with Crippen LogP contribution in [0.15, 0.2) is 48.5 Å². The van der Waals surface area contributed by atoms with Crippen LogP contribution in [0, 0.1) is 6.92 Å². The molecule has 0 fully saturated rings. The Balaban J connectivity index is 1.52. The fourth-order valence-electron chi connectivity index (χ4n) is 3.00. The van der Waals surface area contributed by atoms with Crippen molar-refractivity contribution in [2.75, 3.05) is 36.9 Å². The molecule has 0 saturated heterocycles. The van der Waals surface area contributed by atoms with Gasteiger partial charge in [-0.15, -0.1) is 0 Å². The summed E-state index contributed by atoms with van der Waals surface area (Å²) in [4.78, 5) is 28.1. The van der Waals surface area contributed by atoms with Gasteiger partial charge in [0.25, 0.3) is 0 Å². The number of nitrogens with one attached hydrogen (secondary N) is 1. The molecule has 5 nitrogen and oxygen atoms in total. The third kappa shape index (κ3) is 4.18. The van der Waals surface area contributed by atoms with E-state index >= 15 is 0 Å². The predicted molar refractivity (Wildman–Crippen MR) is 99.8 cm³/mol. The van der Waals surface area contributed by atoms with Crippen LogP contribution in [-0.2, 0) is 16.0 Å². The molecule has 0 bridgehead atoms. The van der Waals surface area contributed by atoms with E-state index in [0.29, 0.717) is 6.54 Å². The van der Waals surface area contributed by atoms with Crippen molar-refractivity contribution in [1.29, 1.82) is 0 Å². The molecule has 25 heavy (non-hydrogen) atoms. The van der Waals surface area contributed by atoms with Crippen LogP contribution in [0.25, 0.3) is 0 Å². The molecule has 0 radical (unpaired) electrons. The second-order valence-corrected chi connectivity index (χ2v) is 6.46. The van der Waals surface area contributed by atoms with Gasteiger partial charge < -0.3 is 15.1 Å². The number of nitrogens with zero attached hydrogens (tertiary/aromatic N) is 2. The summed E-state index contributed by atoms with van der Waals surface area (Å²) in [6.07, 6.45) is 0.959. The van der Waals surface area contributed by atoms with E-state index in [-0.39, 0.29) is 18.4 Å². The SMILES string of the molecule is Cc1ccc(NC(=O)CN(C)C(=O)CN2CCc3ccccc32)cc1. The van der Waals surface area contributed by atoms with E-state index in [0.717, 1.165) is 29.9 Å². The molecule has 1 aliphatic rings. The van der Waals surface area contributed by atoms with Crippen LogP contribution >= 0.6 is 0 Å². The molecule has 2 aromatic carbocycles. The smallest absolute Gasteiger partial charge is 0.243 e. The van der Waals surface area contributed by atoms with Crippen LogP contribution < -0.4 is 10.2 Å². The maximum absolute atomic E-state index is 12.4. The molecule has 0 spiro atoms. The highest BCUT2D eigenvalue weighted by Crippen LogP contribution is 2.26. The molecule has 0 atom stereocenters. The maximum Gasteiger partial charge on any atom is 0.243 e. The number of anilines is 2. The molecule has 0 unspecified atom stereocenters. The van der Waals surface area contributed by atoms with Crippen molar-refractivity contribution in [3.8, 4) is 0 Å². The van der Waals surface area contributed by atoms with Gasteiger partial charge in [-0.2, -0.15) is 0 Å². The van der Waals surface area contributed by atoms with E-state index < -0.39 is 0 Å². The first-order valence-corrected chi connectivity index (χ1v) is 8.46. The lowest BCUT2D eigenvalue weighted by molar-refractivity contribution is -0.132. The highest BCUT2D eigenvalue weighted by molar-refractivity contribution is 5.95. The highest BCUT2D eigenvalue weighted by Gasteiger charge is 2.22. The zero-order chi connectivity index (χ0) is 17.8. The normalized spacial score (nSPS) is 12.6. The van der Waals surface area contributed by atoms with Gasteiger partial charge in [-0.1, -0.05) is 35.9 Å². The number of hydrogen-bond donors (Lipinski definition) is 1. The number of aryl methyl sites for hydroxylation is 1. The Morgan fingerprint density at radius 2 is 1.84 bits per heavy atom. The molecule has 2 aromatic rings. The third-order valence-corrected chi connectivity index (χ3v) is 4.45. The minimum atomic E-state index is -0.193. The summed E-state index contributed by atoms with van der Waals surface area (Å²) in [6.45, 7) is 3.18. The molecule has 1 N–H and O–H groups in total. The zero-order valence-electron chi connectivity index (χ0n) is 14.7. The Morgan fingerprint density at radius 1 is 1.12 bits per heavy atom. The first kappa shape index (κ1) is 17.0. The van der Waals surface area contributed by atoms with Crippen molar-refractivity contribution in [1.82, 2.24) is 4.90 Å². The van der Waals surface area contributed by atoms with Gasteiger partial charge >= 0.3 is 0 Å². The van der Waals surface area contributed by atoms with E-state index in [9.17, 15) is 9.59 Å². The molecule has 130 valence electrons. The van der Waals surface area contributed by atoms with Crippen molar-refractivity contribution in [2.45, 2.75) is 13.3 Å². The van der Waals surface area contributed by atoms with E-state index in [1.807, 2.05) is 49.4 Å². The van der Waals surface area contributed by atoms with Crippen molar-refractivity contribution >= 4 is 23.2 Å². The van der Waals surface area contributed by atoms with E-state index in [1.165, 1.54) is 10.5 Å². The number of carbonyl (C=O) groups is 2. The lowest BCUT2D eigenvalue weighted by Crippen LogP contribution is -2.41. The van der Waals surface area contributed by atoms with Gasteiger partial charge in [0.15, 0.2) is 0 Å². The van der Waals surface area contributed by atoms with Crippen molar-refractivity contribution in [3.63, 3.8) is 0 Å². The lowest BCUT2D eigenvalue weighted by Gasteiger charge is -2.23. The standard InChI is InChI=1S/C20H23N3O2/c1-15-7-9-17(10-8-15)21-19(24)13-22(2)20(25)14-23-12-11-16-5-3-4-6-18(16)23/h3-10H,11-14H2,1-2H3,(H,21,24). The van der Waals surface area contributed by atoms with Crippen LogP contribution in [-0.4, -0.2) is 43.4 Å². The quantitative estimate of drug-likeness (QED) is 0.912. The van der Waals surface area contributed by atoms with E-state index in [4.69, 9.17) is 0 Å². The topological polar surface area (TPSA) is 52.7 Å². The summed E-state index contributed by atoms with van der Waals surface area (Å²) >= 11 is 0. The average molecular weight is 337 g/mol. The molecule has 0 saturated carbocycles. The molecule has 0 aromatic heterocycles. The number of fused-ring (bicyclic) bond motifs is 1. The summed E-state index contributed by atoms with van der Waals surface area (Å²) in [7, 11) is 1.67. The Morgan fingerprint density at radius 3 is 2.60 bits per heavy atom. The molecule has 1 aliphatic heterocycles. The van der Waals surface area contributed by atoms with Crippen LogP contribution in [0.4, 0.5) is 11.4 Å². The Bertz CT molecular complexity index is 771. The van der Waals surface area contributed by atoms with Gasteiger partial charge in [0.2, 0.25) is 11.8 Å². The van der Waals surface area contributed by atoms with Crippen molar-refractivity contribution in [3.05, 3.63) is 59.7 Å². The van der Waals surface area contributed by atoms with Crippen LogP contribution in [0.1, 0.15) is 11.1 Å². The Labute approximate surface area is 148 Å². The lowest BCUT2D eigenvalue weighted by atomic mass is 10.2. The van der Waals surface area contributed by atoms with Crippen molar-refractivity contribution < 1.29 is 9.59 Å². The fourth-order valence-corrected chi connectivity index (χ4v) is 3.00. The van der Waals surface area contributed by atoms with Crippen LogP contribution in [0.5, 0.6) is 0 Å². The first-order chi connectivity index (χ1) is 12.0. The summed E-state index contributed by atoms with van der Waals surface area (Å²) in [5.41, 5.74) is 4.27. The number of carbonyl (C=O) groups excluding carboxylic acids is 2. The van der Waals surface area contributed by atoms with Gasteiger partial charge in [0, 0.05) is 25.0 Å². The zero-order valence-corrected chi connectivity index (χ0v) is 14.7. The van der Waals surface area contributed by atoms with Gasteiger partial charge in [-0.05, 0) is 37.1 Å². The van der Waals surface area contributed by atoms with Crippen LogP contribution in [0.2, 0.25) is 0 Å². The molecular weight excluding hydrogens is 314 g/mol. The summed E-state index contributed by atoms with van der Waals surface area (Å²) in [5, 5.41) is 2.82. The van der Waals surface area contributed by atoms with Gasteiger partial charge in [0.1, 0.15) is 0 Å². The molecular formula is C20H23N3O2. The molecule has 3 rings (SSSR count). The number of para-hydroxylation sites is 1. The second-order valence-electron chi connectivity index (χ2n) is 6.46. The largest absolute Gasteiger partial charge is 0.362 e. The highest BCUT2D eigenvalue weighted by atomic mass is 16.2. The van der Waals surface area contributed by atoms with E-state index in [1.54, 1.807) is 7.05 Å². The van der Waals surface area contributed by atoms with Gasteiger partial charge in [-0.3, -0.25) is 9.59 Å². The first-order valence-electron chi connectivity index (χ1n) is 8.46.